The summed E-state index contributed by atoms with van der Waals surface area (Å²) in [5.41, 5.74) is 2.88. The van der Waals surface area contributed by atoms with Crippen LogP contribution in [-0.2, 0) is 32.4 Å². The third-order valence-electron chi connectivity index (χ3n) is 5.68. The minimum Gasteiger partial charge on any atom is -0.453 e. The molecule has 204 valence electrons. The quantitative estimate of drug-likeness (QED) is 0.188. The van der Waals surface area contributed by atoms with Crippen molar-refractivity contribution in [3.8, 4) is 9.88 Å². The molecule has 0 radical (unpaired) electrons. The van der Waals surface area contributed by atoms with Crippen molar-refractivity contribution in [2.24, 2.45) is 0 Å². The molecule has 3 atom stereocenters. The van der Waals surface area contributed by atoms with E-state index in [1.165, 1.54) is 18.4 Å². The molecular weight excluding hydrogens is 557 g/mol. The maximum Gasteiger partial charge on any atom is 0.407 e. The zero-order valence-corrected chi connectivity index (χ0v) is 23.5. The number of aromatic nitrogens is 1. The maximum absolute atomic E-state index is 13.5. The van der Waals surface area contributed by atoms with Gasteiger partial charge in [-0.15, -0.1) is 22.7 Å². The van der Waals surface area contributed by atoms with Gasteiger partial charge in [0.2, 0.25) is 5.91 Å². The number of hydrogen-bond acceptors (Lipinski definition) is 7. The molecule has 0 bridgehead atoms. The number of nitrogens with zero attached hydrogens (tertiary/aromatic N) is 1. The van der Waals surface area contributed by atoms with Crippen molar-refractivity contribution in [1.29, 1.82) is 0 Å². The number of nitrogens with one attached hydrogen (secondary N) is 3. The Hall–Kier alpha value is -3.71. The lowest BCUT2D eigenvalue weighted by atomic mass is 10.0. The Morgan fingerprint density at radius 1 is 1.00 bits per heavy atom. The van der Waals surface area contributed by atoms with Crippen LogP contribution in [0.4, 0.5) is 10.5 Å². The van der Waals surface area contributed by atoms with Gasteiger partial charge in [0.05, 0.1) is 23.7 Å². The van der Waals surface area contributed by atoms with Gasteiger partial charge in [-0.25, -0.2) is 14.0 Å². The van der Waals surface area contributed by atoms with E-state index in [1.54, 1.807) is 35.6 Å². The molecule has 2 unspecified atom stereocenters. The maximum atomic E-state index is 13.5. The highest BCUT2D eigenvalue weighted by atomic mass is 32.2. The summed E-state index contributed by atoms with van der Waals surface area (Å²) in [6.07, 6.45) is -0.0302. The number of thiophene rings is 1. The van der Waals surface area contributed by atoms with Gasteiger partial charge in [-0.3, -0.25) is 14.1 Å². The van der Waals surface area contributed by atoms with Gasteiger partial charge in [0, 0.05) is 17.5 Å². The summed E-state index contributed by atoms with van der Waals surface area (Å²) < 4.78 is 28.2. The number of ether oxygens (including phenoxy) is 1. The molecule has 4 aromatic rings. The van der Waals surface area contributed by atoms with Crippen molar-refractivity contribution in [3.05, 3.63) is 94.3 Å². The molecule has 0 aliphatic rings. The molecule has 2 aromatic heterocycles. The van der Waals surface area contributed by atoms with E-state index < -0.39 is 28.2 Å². The minimum atomic E-state index is -3.40. The van der Waals surface area contributed by atoms with Gasteiger partial charge in [0.1, 0.15) is 11.0 Å². The lowest BCUT2D eigenvalue weighted by Gasteiger charge is -2.23. The topological polar surface area (TPSA) is 130 Å². The highest BCUT2D eigenvalue weighted by Crippen LogP contribution is 2.31. The first-order valence-corrected chi connectivity index (χ1v) is 15.3. The van der Waals surface area contributed by atoms with E-state index in [0.717, 1.165) is 21.0 Å². The molecule has 12 heteroatoms. The van der Waals surface area contributed by atoms with Crippen molar-refractivity contribution in [3.63, 3.8) is 0 Å². The minimum absolute atomic E-state index is 0.276. The molecular formula is C27H28N4O5S3. The number of benzene rings is 2. The summed E-state index contributed by atoms with van der Waals surface area (Å²) in [6, 6.07) is 18.9. The second-order valence-corrected chi connectivity index (χ2v) is 11.9. The number of rotatable bonds is 11. The van der Waals surface area contributed by atoms with E-state index in [-0.39, 0.29) is 12.3 Å². The number of hydrogen-bond donors (Lipinski definition) is 4. The number of carbonyl (C=O) groups is 2. The molecule has 2 amide bonds. The third-order valence-corrected chi connectivity index (χ3v) is 8.13. The van der Waals surface area contributed by atoms with E-state index in [9.17, 15) is 18.4 Å². The smallest absolute Gasteiger partial charge is 0.407 e. The molecule has 4 rings (SSSR count). The van der Waals surface area contributed by atoms with Gasteiger partial charge >= 0.3 is 6.09 Å². The second kappa shape index (κ2) is 12.9. The van der Waals surface area contributed by atoms with Gasteiger partial charge in [0.25, 0.3) is 0 Å². The first kappa shape index (κ1) is 28.3. The van der Waals surface area contributed by atoms with Crippen molar-refractivity contribution >= 4 is 56.2 Å². The Balaban J connectivity index is 1.59. The lowest BCUT2D eigenvalue weighted by molar-refractivity contribution is -0.123. The predicted molar refractivity (Wildman–Crippen MR) is 157 cm³/mol. The fourth-order valence-electron chi connectivity index (χ4n) is 3.85. The van der Waals surface area contributed by atoms with E-state index >= 15 is 0 Å². The van der Waals surface area contributed by atoms with Crippen molar-refractivity contribution in [2.75, 3.05) is 11.8 Å². The van der Waals surface area contributed by atoms with E-state index in [2.05, 4.69) is 21.2 Å². The molecule has 0 fully saturated rings. The monoisotopic (exact) mass is 584 g/mol. The van der Waals surface area contributed by atoms with Gasteiger partial charge in [-0.1, -0.05) is 48.5 Å². The predicted octanol–water partition coefficient (Wildman–Crippen LogP) is 4.76. The SMILES string of the molecule is C=S(=O)(O)Nc1ccc(CC(NC(=O)[C@H](Cc2ccccc2)NC(=O)OC)c2csc(-c3cccs3)n2)cc1. The number of carbonyl (C=O) groups excluding carboxylic acids is 2. The van der Waals surface area contributed by atoms with E-state index in [1.807, 2.05) is 53.2 Å². The molecule has 0 saturated carbocycles. The molecule has 0 spiro atoms. The van der Waals surface area contributed by atoms with Crippen LogP contribution in [0.2, 0.25) is 0 Å². The van der Waals surface area contributed by atoms with Crippen LogP contribution in [0, 0.1) is 0 Å². The normalized spacial score (nSPS) is 14.0. The number of thiazole rings is 1. The van der Waals surface area contributed by atoms with Gasteiger partial charge in [-0.05, 0) is 47.0 Å². The Morgan fingerprint density at radius 2 is 1.72 bits per heavy atom. The summed E-state index contributed by atoms with van der Waals surface area (Å²) in [4.78, 5) is 31.4. The number of methoxy groups -OCH3 is 1. The summed E-state index contributed by atoms with van der Waals surface area (Å²) in [6.45, 7) is 0. The third kappa shape index (κ3) is 8.39. The van der Waals surface area contributed by atoms with Crippen LogP contribution in [-0.4, -0.2) is 44.8 Å². The van der Waals surface area contributed by atoms with Gasteiger partial charge < -0.3 is 15.4 Å². The van der Waals surface area contributed by atoms with E-state index in [4.69, 9.17) is 9.72 Å². The molecule has 4 N–H and O–H groups in total. The first-order chi connectivity index (χ1) is 18.7. The molecule has 9 nitrogen and oxygen atoms in total. The summed E-state index contributed by atoms with van der Waals surface area (Å²) >= 11 is 3.07. The van der Waals surface area contributed by atoms with Crippen molar-refractivity contribution < 1.29 is 23.1 Å². The lowest BCUT2D eigenvalue weighted by Crippen LogP contribution is -2.49. The standard InChI is InChI=1S/C27H28N4O5S3/c1-36-27(33)30-22(16-18-7-4-3-5-8-18)25(32)28-21(23-17-38-26(29-23)24-9-6-14-37-24)15-19-10-12-20(13-11-19)31-39(2,34)35/h3-14,17,21-22H,2,15-16H2,1H3,(H,28,32)(H,30,33)(H2,31,34,35)/t21?,22-/m0/s1. The first-order valence-electron chi connectivity index (χ1n) is 11.8. The van der Waals surface area contributed by atoms with Crippen LogP contribution in [0.15, 0.2) is 77.5 Å². The number of anilines is 1. The Bertz CT molecular complexity index is 1490. The summed E-state index contributed by atoms with van der Waals surface area (Å²) in [5, 5.41) is 10.5. The average molecular weight is 585 g/mol. The average Bonchev–Trinajstić information content (AvgIpc) is 3.61. The van der Waals surface area contributed by atoms with Crippen LogP contribution < -0.4 is 15.4 Å². The van der Waals surface area contributed by atoms with Crippen LogP contribution >= 0.6 is 22.7 Å². The fourth-order valence-corrected chi connectivity index (χ4v) is 6.04. The second-order valence-electron chi connectivity index (χ2n) is 8.64. The van der Waals surface area contributed by atoms with Crippen molar-refractivity contribution in [2.45, 2.75) is 24.9 Å². The Morgan fingerprint density at radius 3 is 2.36 bits per heavy atom. The highest BCUT2D eigenvalue weighted by molar-refractivity contribution is 7.96. The summed E-state index contributed by atoms with van der Waals surface area (Å²) in [7, 11) is -2.15. The molecule has 0 aliphatic heterocycles. The summed E-state index contributed by atoms with van der Waals surface area (Å²) in [5.74, 6) is 2.81. The fraction of sp³-hybridized carbons (Fsp3) is 0.185. The zero-order chi connectivity index (χ0) is 27.8. The molecule has 0 aliphatic carbocycles. The number of alkyl carbamates (subject to hydrolysis) is 1. The highest BCUT2D eigenvalue weighted by Gasteiger charge is 2.26. The Labute approximate surface area is 235 Å². The molecule has 0 saturated heterocycles. The van der Waals surface area contributed by atoms with Crippen LogP contribution in [0.25, 0.3) is 9.88 Å². The molecule has 2 aromatic carbocycles. The van der Waals surface area contributed by atoms with Crippen LogP contribution in [0.5, 0.6) is 0 Å². The van der Waals surface area contributed by atoms with Gasteiger partial charge in [0.15, 0.2) is 9.99 Å². The van der Waals surface area contributed by atoms with Gasteiger partial charge in [-0.2, -0.15) is 0 Å². The van der Waals surface area contributed by atoms with Crippen LogP contribution in [0.1, 0.15) is 22.9 Å². The molecule has 2 heterocycles. The molecule has 39 heavy (non-hydrogen) atoms. The largest absolute Gasteiger partial charge is 0.453 e. The van der Waals surface area contributed by atoms with E-state index in [0.29, 0.717) is 17.8 Å². The Kier molecular flexibility index (Phi) is 9.36. The van der Waals surface area contributed by atoms with Crippen LogP contribution in [0.3, 0.4) is 0 Å². The number of amides is 2. The zero-order valence-electron chi connectivity index (χ0n) is 21.0. The van der Waals surface area contributed by atoms with Crippen molar-refractivity contribution in [1.82, 2.24) is 15.6 Å².